The molecule has 0 amide bonds. The second kappa shape index (κ2) is 5.90. The first-order valence-electron chi connectivity index (χ1n) is 7.13. The van der Waals surface area contributed by atoms with Crippen LogP contribution in [0.4, 0.5) is 10.2 Å². The second-order valence-electron chi connectivity index (χ2n) is 5.21. The van der Waals surface area contributed by atoms with Crippen LogP contribution in [0.1, 0.15) is 11.1 Å². The molecule has 0 saturated heterocycles. The van der Waals surface area contributed by atoms with Crippen LogP contribution in [0.5, 0.6) is 0 Å². The molecule has 0 bridgehead atoms. The summed E-state index contributed by atoms with van der Waals surface area (Å²) < 4.78 is 13.2. The van der Waals surface area contributed by atoms with Gasteiger partial charge in [-0.3, -0.25) is 0 Å². The van der Waals surface area contributed by atoms with E-state index in [1.165, 1.54) is 12.1 Å². The number of rotatable bonds is 2. The van der Waals surface area contributed by atoms with Crippen LogP contribution >= 0.6 is 0 Å². The molecule has 0 atom stereocenters. The minimum Gasteiger partial charge on any atom is -0.383 e. The molecule has 0 aliphatic heterocycles. The fourth-order valence-corrected chi connectivity index (χ4v) is 2.66. The SMILES string of the molecule is Cc1c(-c2ccc(F)cc2)nc(N)c(C#N)c1-c1ccccc1. The van der Waals surface area contributed by atoms with E-state index in [1.807, 2.05) is 37.3 Å². The van der Waals surface area contributed by atoms with Crippen molar-refractivity contribution < 1.29 is 4.39 Å². The van der Waals surface area contributed by atoms with Gasteiger partial charge < -0.3 is 5.73 Å². The largest absolute Gasteiger partial charge is 0.383 e. The Morgan fingerprint density at radius 1 is 1.00 bits per heavy atom. The van der Waals surface area contributed by atoms with E-state index in [-0.39, 0.29) is 11.6 Å². The molecule has 4 heteroatoms. The van der Waals surface area contributed by atoms with E-state index in [0.717, 1.165) is 22.3 Å². The molecule has 0 saturated carbocycles. The van der Waals surface area contributed by atoms with Crippen LogP contribution < -0.4 is 5.73 Å². The number of hydrogen-bond acceptors (Lipinski definition) is 3. The highest BCUT2D eigenvalue weighted by atomic mass is 19.1. The maximum atomic E-state index is 13.2. The first-order valence-corrected chi connectivity index (χ1v) is 7.13. The highest BCUT2D eigenvalue weighted by Gasteiger charge is 2.18. The summed E-state index contributed by atoms with van der Waals surface area (Å²) in [5.41, 5.74) is 10.3. The molecule has 2 N–H and O–H groups in total. The summed E-state index contributed by atoms with van der Waals surface area (Å²) in [6.45, 7) is 1.90. The Bertz CT molecular complexity index is 895. The van der Waals surface area contributed by atoms with Crippen molar-refractivity contribution in [2.24, 2.45) is 0 Å². The fraction of sp³-hybridized carbons (Fsp3) is 0.0526. The van der Waals surface area contributed by atoms with Crippen LogP contribution in [-0.4, -0.2) is 4.98 Å². The lowest BCUT2D eigenvalue weighted by atomic mass is 9.93. The van der Waals surface area contributed by atoms with Gasteiger partial charge in [0, 0.05) is 11.1 Å². The molecule has 0 unspecified atom stereocenters. The van der Waals surface area contributed by atoms with Gasteiger partial charge >= 0.3 is 0 Å². The van der Waals surface area contributed by atoms with Crippen molar-refractivity contribution in [3.63, 3.8) is 0 Å². The zero-order chi connectivity index (χ0) is 16.4. The second-order valence-corrected chi connectivity index (χ2v) is 5.21. The highest BCUT2D eigenvalue weighted by molar-refractivity contribution is 5.84. The minimum absolute atomic E-state index is 0.177. The van der Waals surface area contributed by atoms with E-state index in [9.17, 15) is 9.65 Å². The van der Waals surface area contributed by atoms with Crippen LogP contribution in [0.3, 0.4) is 0 Å². The third kappa shape index (κ3) is 2.65. The van der Waals surface area contributed by atoms with Crippen LogP contribution in [0, 0.1) is 24.1 Å². The molecule has 0 aliphatic carbocycles. The number of halogens is 1. The summed E-state index contributed by atoms with van der Waals surface area (Å²) in [5, 5.41) is 9.46. The highest BCUT2D eigenvalue weighted by Crippen LogP contribution is 2.35. The van der Waals surface area contributed by atoms with Gasteiger partial charge in [-0.2, -0.15) is 5.26 Å². The first kappa shape index (κ1) is 14.7. The summed E-state index contributed by atoms with van der Waals surface area (Å²) in [7, 11) is 0. The van der Waals surface area contributed by atoms with Gasteiger partial charge in [0.25, 0.3) is 0 Å². The molecule has 3 rings (SSSR count). The van der Waals surface area contributed by atoms with Gasteiger partial charge in [0.05, 0.1) is 5.69 Å². The first-order chi connectivity index (χ1) is 11.1. The third-order valence-corrected chi connectivity index (χ3v) is 3.76. The summed E-state index contributed by atoms with van der Waals surface area (Å²) in [6, 6.07) is 17.8. The third-order valence-electron chi connectivity index (χ3n) is 3.76. The van der Waals surface area contributed by atoms with Gasteiger partial charge in [-0.15, -0.1) is 0 Å². The van der Waals surface area contributed by atoms with Crippen molar-refractivity contribution in [3.8, 4) is 28.5 Å². The number of nitrogens with two attached hydrogens (primary N) is 1. The Morgan fingerprint density at radius 3 is 2.26 bits per heavy atom. The maximum absolute atomic E-state index is 13.2. The number of hydrogen-bond donors (Lipinski definition) is 1. The molecule has 1 heterocycles. The van der Waals surface area contributed by atoms with Crippen LogP contribution in [0.2, 0.25) is 0 Å². The quantitative estimate of drug-likeness (QED) is 0.767. The van der Waals surface area contributed by atoms with Crippen LogP contribution in [-0.2, 0) is 0 Å². The molecule has 3 aromatic rings. The van der Waals surface area contributed by atoms with Gasteiger partial charge in [0.2, 0.25) is 0 Å². The predicted molar refractivity (Wildman–Crippen MR) is 88.9 cm³/mol. The molecule has 3 nitrogen and oxygen atoms in total. The maximum Gasteiger partial charge on any atom is 0.142 e. The predicted octanol–water partition coefficient (Wildman–Crippen LogP) is 4.32. The van der Waals surface area contributed by atoms with Crippen molar-refractivity contribution in [3.05, 3.63) is 71.5 Å². The fourth-order valence-electron chi connectivity index (χ4n) is 2.66. The van der Waals surface area contributed by atoms with Crippen molar-refractivity contribution in [1.82, 2.24) is 4.98 Å². The van der Waals surface area contributed by atoms with Crippen LogP contribution in [0.15, 0.2) is 54.6 Å². The Kier molecular flexibility index (Phi) is 3.78. The number of anilines is 1. The lowest BCUT2D eigenvalue weighted by Gasteiger charge is -2.15. The van der Waals surface area contributed by atoms with Gasteiger partial charge in [-0.25, -0.2) is 9.37 Å². The van der Waals surface area contributed by atoms with Crippen molar-refractivity contribution in [2.45, 2.75) is 6.92 Å². The molecule has 1 aromatic heterocycles. The summed E-state index contributed by atoms with van der Waals surface area (Å²) in [5.74, 6) is -0.132. The van der Waals surface area contributed by atoms with E-state index < -0.39 is 0 Å². The van der Waals surface area contributed by atoms with Gasteiger partial charge in [-0.05, 0) is 42.3 Å². The smallest absolute Gasteiger partial charge is 0.142 e. The molecule has 0 fully saturated rings. The zero-order valence-electron chi connectivity index (χ0n) is 12.5. The Hall–Kier alpha value is -3.19. The van der Waals surface area contributed by atoms with Gasteiger partial charge in [0.1, 0.15) is 23.3 Å². The zero-order valence-corrected chi connectivity index (χ0v) is 12.5. The van der Waals surface area contributed by atoms with Crippen molar-refractivity contribution >= 4 is 5.82 Å². The van der Waals surface area contributed by atoms with E-state index in [2.05, 4.69) is 11.1 Å². The average molecular weight is 303 g/mol. The van der Waals surface area contributed by atoms with E-state index >= 15 is 0 Å². The molecular weight excluding hydrogens is 289 g/mol. The number of nitriles is 1. The molecule has 0 aliphatic rings. The number of pyridine rings is 1. The Labute approximate surface area is 133 Å². The summed E-state index contributed by atoms with van der Waals surface area (Å²) in [4.78, 5) is 4.36. The topological polar surface area (TPSA) is 62.7 Å². The summed E-state index contributed by atoms with van der Waals surface area (Å²) in [6.07, 6.45) is 0. The number of aromatic nitrogens is 1. The molecular formula is C19H14FN3. The number of nitrogen functional groups attached to an aromatic ring is 1. The Morgan fingerprint density at radius 2 is 1.65 bits per heavy atom. The molecule has 0 radical (unpaired) electrons. The monoisotopic (exact) mass is 303 g/mol. The lowest BCUT2D eigenvalue weighted by Crippen LogP contribution is -2.03. The average Bonchev–Trinajstić information content (AvgIpc) is 2.58. The number of benzene rings is 2. The minimum atomic E-state index is -0.309. The lowest BCUT2D eigenvalue weighted by molar-refractivity contribution is 0.628. The normalized spacial score (nSPS) is 10.3. The van der Waals surface area contributed by atoms with Crippen molar-refractivity contribution in [1.29, 1.82) is 5.26 Å². The van der Waals surface area contributed by atoms with Crippen molar-refractivity contribution in [2.75, 3.05) is 5.73 Å². The standard InChI is InChI=1S/C19H14FN3/c1-12-17(13-5-3-2-4-6-13)16(11-21)19(22)23-18(12)14-7-9-15(20)10-8-14/h2-10H,1H3,(H2,22,23). The van der Waals surface area contributed by atoms with Crippen LogP contribution in [0.25, 0.3) is 22.4 Å². The molecule has 23 heavy (non-hydrogen) atoms. The van der Waals surface area contributed by atoms with E-state index in [0.29, 0.717) is 11.3 Å². The van der Waals surface area contributed by atoms with E-state index in [1.54, 1.807) is 12.1 Å². The Balaban J connectivity index is 2.31. The molecule has 2 aromatic carbocycles. The van der Waals surface area contributed by atoms with E-state index in [4.69, 9.17) is 5.73 Å². The van der Waals surface area contributed by atoms with Gasteiger partial charge in [-0.1, -0.05) is 30.3 Å². The molecule has 112 valence electrons. The number of nitrogens with zero attached hydrogens (tertiary/aromatic N) is 2. The summed E-state index contributed by atoms with van der Waals surface area (Å²) >= 11 is 0. The molecule has 0 spiro atoms. The van der Waals surface area contributed by atoms with Gasteiger partial charge in [0.15, 0.2) is 0 Å².